The van der Waals surface area contributed by atoms with Gasteiger partial charge in [0.1, 0.15) is 24.1 Å². The second kappa shape index (κ2) is 14.5. The van der Waals surface area contributed by atoms with E-state index in [4.69, 9.17) is 32.7 Å². The van der Waals surface area contributed by atoms with Gasteiger partial charge in [-0.25, -0.2) is 8.42 Å². The fraction of sp³-hybridized carbons (Fsp3) is 0.462. The topological polar surface area (TPSA) is 105 Å². The van der Waals surface area contributed by atoms with Crippen molar-refractivity contribution in [1.29, 1.82) is 0 Å². The molecule has 0 aromatic heterocycles. The molecule has 38 heavy (non-hydrogen) atoms. The van der Waals surface area contributed by atoms with E-state index in [9.17, 15) is 18.0 Å². The number of ether oxygens (including phenoxy) is 2. The molecule has 1 N–H and O–H groups in total. The van der Waals surface area contributed by atoms with Crippen LogP contribution in [0.4, 0.5) is 5.69 Å². The Balaban J connectivity index is 2.53. The Bertz CT molecular complexity index is 1230. The van der Waals surface area contributed by atoms with Gasteiger partial charge < -0.3 is 19.7 Å². The molecule has 2 rings (SSSR count). The highest BCUT2D eigenvalue weighted by Gasteiger charge is 2.33. The van der Waals surface area contributed by atoms with Gasteiger partial charge in [-0.15, -0.1) is 0 Å². The van der Waals surface area contributed by atoms with Crippen molar-refractivity contribution in [1.82, 2.24) is 10.2 Å². The quantitative estimate of drug-likeness (QED) is 0.326. The van der Waals surface area contributed by atoms with E-state index < -0.39 is 28.5 Å². The summed E-state index contributed by atoms with van der Waals surface area (Å²) >= 11 is 12.4. The van der Waals surface area contributed by atoms with Crippen molar-refractivity contribution in [3.63, 3.8) is 0 Å². The first kappa shape index (κ1) is 31.5. The first-order valence-corrected chi connectivity index (χ1v) is 14.8. The zero-order valence-electron chi connectivity index (χ0n) is 22.3. The molecule has 2 amide bonds. The third-order valence-corrected chi connectivity index (χ3v) is 7.62. The number of benzene rings is 2. The van der Waals surface area contributed by atoms with Crippen molar-refractivity contribution >= 4 is 50.7 Å². The molecule has 2 aromatic carbocycles. The lowest BCUT2D eigenvalue weighted by Gasteiger charge is -2.33. The Kier molecular flexibility index (Phi) is 12.0. The lowest BCUT2D eigenvalue weighted by atomic mass is 10.1. The van der Waals surface area contributed by atoms with E-state index in [0.717, 1.165) is 23.4 Å². The highest BCUT2D eigenvalue weighted by Crippen LogP contribution is 2.34. The normalized spacial score (nSPS) is 12.0. The van der Waals surface area contributed by atoms with Crippen LogP contribution in [0.2, 0.25) is 10.0 Å². The van der Waals surface area contributed by atoms with Crippen LogP contribution in [0.1, 0.15) is 38.7 Å². The number of rotatable bonds is 14. The van der Waals surface area contributed by atoms with Gasteiger partial charge >= 0.3 is 0 Å². The Hall–Kier alpha value is -2.69. The van der Waals surface area contributed by atoms with Crippen molar-refractivity contribution in [3.8, 4) is 11.5 Å². The van der Waals surface area contributed by atoms with Gasteiger partial charge in [-0.1, -0.05) is 49.5 Å². The third-order valence-electron chi connectivity index (χ3n) is 5.91. The SMILES string of the molecule is CCCCNC(=O)[C@@H](CC)N(Cc1ccc(Cl)cc1Cl)C(=O)CN(c1cc(OC)ccc1OC)S(C)(=O)=O. The van der Waals surface area contributed by atoms with E-state index in [0.29, 0.717) is 34.3 Å². The second-order valence-electron chi connectivity index (χ2n) is 8.63. The summed E-state index contributed by atoms with van der Waals surface area (Å²) in [5.41, 5.74) is 0.696. The summed E-state index contributed by atoms with van der Waals surface area (Å²) in [6.45, 7) is 3.65. The number of unbranched alkanes of at least 4 members (excludes halogenated alkanes) is 1. The highest BCUT2D eigenvalue weighted by molar-refractivity contribution is 7.92. The van der Waals surface area contributed by atoms with Gasteiger partial charge in [0.05, 0.1) is 26.2 Å². The minimum absolute atomic E-state index is 0.0264. The van der Waals surface area contributed by atoms with Crippen molar-refractivity contribution < 1.29 is 27.5 Å². The van der Waals surface area contributed by atoms with Crippen LogP contribution < -0.4 is 19.1 Å². The molecule has 12 heteroatoms. The van der Waals surface area contributed by atoms with Crippen LogP contribution in [0.3, 0.4) is 0 Å². The van der Waals surface area contributed by atoms with Gasteiger partial charge in [0, 0.05) is 29.2 Å². The van der Waals surface area contributed by atoms with Gasteiger partial charge in [-0.05, 0) is 42.7 Å². The summed E-state index contributed by atoms with van der Waals surface area (Å²) in [5.74, 6) is -0.304. The van der Waals surface area contributed by atoms with Crippen LogP contribution in [0.25, 0.3) is 0 Å². The van der Waals surface area contributed by atoms with Crippen molar-refractivity contribution in [3.05, 3.63) is 52.0 Å². The smallest absolute Gasteiger partial charge is 0.244 e. The summed E-state index contributed by atoms with van der Waals surface area (Å²) in [6.07, 6.45) is 2.98. The average Bonchev–Trinajstić information content (AvgIpc) is 2.87. The van der Waals surface area contributed by atoms with Crippen molar-refractivity contribution in [2.24, 2.45) is 0 Å². The van der Waals surface area contributed by atoms with E-state index in [1.807, 2.05) is 6.92 Å². The second-order valence-corrected chi connectivity index (χ2v) is 11.4. The summed E-state index contributed by atoms with van der Waals surface area (Å²) < 4.78 is 37.4. The number of hydrogen-bond donors (Lipinski definition) is 1. The summed E-state index contributed by atoms with van der Waals surface area (Å²) in [4.78, 5) is 28.3. The van der Waals surface area contributed by atoms with Crippen LogP contribution in [0.5, 0.6) is 11.5 Å². The first-order valence-electron chi connectivity index (χ1n) is 12.2. The van der Waals surface area contributed by atoms with E-state index in [2.05, 4.69) is 5.32 Å². The summed E-state index contributed by atoms with van der Waals surface area (Å²) in [6, 6.07) is 8.64. The molecule has 0 aliphatic heterocycles. The number of sulfonamides is 1. The molecule has 0 aliphatic carbocycles. The molecule has 1 atom stereocenters. The molecule has 0 spiro atoms. The Labute approximate surface area is 235 Å². The molecule has 0 unspecified atom stereocenters. The molecule has 0 bridgehead atoms. The molecule has 0 heterocycles. The fourth-order valence-corrected chi connectivity index (χ4v) is 5.16. The number of nitrogens with one attached hydrogen (secondary N) is 1. The zero-order chi connectivity index (χ0) is 28.5. The monoisotopic (exact) mass is 587 g/mol. The van der Waals surface area contributed by atoms with Crippen LogP contribution in [0.15, 0.2) is 36.4 Å². The van der Waals surface area contributed by atoms with Crippen LogP contribution in [-0.4, -0.2) is 64.7 Å². The molecule has 210 valence electrons. The van der Waals surface area contributed by atoms with Crippen LogP contribution in [0, 0.1) is 0 Å². The van der Waals surface area contributed by atoms with E-state index in [1.54, 1.807) is 37.3 Å². The Morgan fingerprint density at radius 2 is 1.76 bits per heavy atom. The highest BCUT2D eigenvalue weighted by atomic mass is 35.5. The standard InChI is InChI=1S/C26H35Cl2N3O6S/c1-6-8-13-29-26(33)22(7-2)30(16-18-9-10-19(27)14-21(18)28)25(32)17-31(38(5,34)35)23-15-20(36-3)11-12-24(23)37-4/h9-12,14-15,22H,6-8,13,16-17H2,1-5H3,(H,29,33)/t22-/m1/s1. The lowest BCUT2D eigenvalue weighted by Crippen LogP contribution is -2.52. The number of anilines is 1. The average molecular weight is 589 g/mol. The molecule has 0 saturated heterocycles. The third kappa shape index (κ3) is 8.41. The summed E-state index contributed by atoms with van der Waals surface area (Å²) in [7, 11) is -1.11. The Morgan fingerprint density at radius 1 is 1.05 bits per heavy atom. The van der Waals surface area contributed by atoms with E-state index in [1.165, 1.54) is 25.2 Å². The fourth-order valence-electron chi connectivity index (χ4n) is 3.85. The largest absolute Gasteiger partial charge is 0.497 e. The number of halogens is 2. The Morgan fingerprint density at radius 3 is 2.32 bits per heavy atom. The molecule has 9 nitrogen and oxygen atoms in total. The predicted molar refractivity (Wildman–Crippen MR) is 151 cm³/mol. The van der Waals surface area contributed by atoms with Crippen LogP contribution >= 0.6 is 23.2 Å². The number of nitrogens with zero attached hydrogens (tertiary/aromatic N) is 2. The van der Waals surface area contributed by atoms with Crippen molar-refractivity contribution in [2.45, 2.75) is 45.7 Å². The summed E-state index contributed by atoms with van der Waals surface area (Å²) in [5, 5.41) is 3.62. The number of amides is 2. The molecular formula is C26H35Cl2N3O6S. The maximum Gasteiger partial charge on any atom is 0.244 e. The van der Waals surface area contributed by atoms with Gasteiger partial charge in [0.15, 0.2) is 0 Å². The first-order chi connectivity index (χ1) is 18.0. The molecule has 0 fully saturated rings. The van der Waals surface area contributed by atoms with E-state index in [-0.39, 0.29) is 23.9 Å². The maximum absolute atomic E-state index is 13.8. The van der Waals surface area contributed by atoms with Gasteiger partial charge in [0.2, 0.25) is 21.8 Å². The van der Waals surface area contributed by atoms with Crippen LogP contribution in [-0.2, 0) is 26.2 Å². The predicted octanol–water partition coefficient (Wildman–Crippen LogP) is 4.50. The van der Waals surface area contributed by atoms with E-state index >= 15 is 0 Å². The molecular weight excluding hydrogens is 553 g/mol. The number of hydrogen-bond acceptors (Lipinski definition) is 6. The van der Waals surface area contributed by atoms with Gasteiger partial charge in [-0.3, -0.25) is 13.9 Å². The molecule has 0 saturated carbocycles. The number of carbonyl (C=O) groups excluding carboxylic acids is 2. The number of methoxy groups -OCH3 is 2. The zero-order valence-corrected chi connectivity index (χ0v) is 24.6. The van der Waals surface area contributed by atoms with Crippen molar-refractivity contribution in [2.75, 3.05) is 37.9 Å². The number of carbonyl (C=O) groups is 2. The maximum atomic E-state index is 13.8. The minimum atomic E-state index is -3.95. The molecule has 0 aliphatic rings. The molecule has 2 aromatic rings. The lowest BCUT2D eigenvalue weighted by molar-refractivity contribution is -0.140. The van der Waals surface area contributed by atoms with Gasteiger partial charge in [0.25, 0.3) is 0 Å². The van der Waals surface area contributed by atoms with Gasteiger partial charge in [-0.2, -0.15) is 0 Å². The molecule has 0 radical (unpaired) electrons. The minimum Gasteiger partial charge on any atom is -0.497 e.